The second-order valence-corrected chi connectivity index (χ2v) is 8.69. The Morgan fingerprint density at radius 1 is 1.04 bits per heavy atom. The Bertz CT molecular complexity index is 459. The van der Waals surface area contributed by atoms with Gasteiger partial charge in [0.05, 0.1) is 6.10 Å². The minimum atomic E-state index is -0.156. The van der Waals surface area contributed by atoms with Crippen molar-refractivity contribution in [1.82, 2.24) is 0 Å². The molecule has 6 atom stereocenters. The van der Waals surface area contributed by atoms with Crippen molar-refractivity contribution < 1.29 is 19.0 Å². The van der Waals surface area contributed by atoms with Crippen molar-refractivity contribution in [3.63, 3.8) is 0 Å². The van der Waals surface area contributed by atoms with Gasteiger partial charge in [0, 0.05) is 24.4 Å². The van der Waals surface area contributed by atoms with Gasteiger partial charge in [-0.3, -0.25) is 4.79 Å². The third-order valence-electron chi connectivity index (χ3n) is 7.19. The number of rotatable bonds is 3. The van der Waals surface area contributed by atoms with Crippen LogP contribution >= 0.6 is 0 Å². The van der Waals surface area contributed by atoms with Crippen LogP contribution in [0.2, 0.25) is 0 Å². The van der Waals surface area contributed by atoms with Gasteiger partial charge in [-0.05, 0) is 50.9 Å². The van der Waals surface area contributed by atoms with E-state index >= 15 is 0 Å². The van der Waals surface area contributed by atoms with E-state index in [1.165, 1.54) is 13.3 Å². The first-order valence-electron chi connectivity index (χ1n) is 9.81. The van der Waals surface area contributed by atoms with Gasteiger partial charge >= 0.3 is 5.97 Å². The molecule has 4 heteroatoms. The normalized spacial score (nSPS) is 46.2. The first kappa shape index (κ1) is 18.2. The minimum Gasteiger partial charge on any atom is -0.462 e. The molecule has 1 saturated heterocycles. The van der Waals surface area contributed by atoms with Crippen LogP contribution in [0.15, 0.2) is 0 Å². The molecular formula is C20H34O4. The van der Waals surface area contributed by atoms with Crippen LogP contribution in [0.5, 0.6) is 0 Å². The first-order chi connectivity index (χ1) is 11.4. The summed E-state index contributed by atoms with van der Waals surface area (Å²) < 4.78 is 18.2. The molecule has 0 aromatic heterocycles. The lowest BCUT2D eigenvalue weighted by Crippen LogP contribution is -2.61. The van der Waals surface area contributed by atoms with Crippen molar-refractivity contribution in [2.75, 3.05) is 6.61 Å². The number of hydrogen-bond acceptors (Lipinski definition) is 4. The van der Waals surface area contributed by atoms with E-state index in [2.05, 4.69) is 20.8 Å². The second-order valence-electron chi connectivity index (χ2n) is 8.69. The summed E-state index contributed by atoms with van der Waals surface area (Å²) in [7, 11) is 0. The van der Waals surface area contributed by atoms with Crippen LogP contribution in [0.4, 0.5) is 0 Å². The van der Waals surface area contributed by atoms with E-state index in [1.807, 2.05) is 0 Å². The fourth-order valence-corrected chi connectivity index (χ4v) is 5.49. The van der Waals surface area contributed by atoms with Gasteiger partial charge in [-0.1, -0.05) is 27.2 Å². The van der Waals surface area contributed by atoms with Gasteiger partial charge in [-0.25, -0.2) is 0 Å². The van der Waals surface area contributed by atoms with E-state index in [0.717, 1.165) is 51.6 Å². The van der Waals surface area contributed by atoms with E-state index in [4.69, 9.17) is 14.2 Å². The highest BCUT2D eigenvalue weighted by molar-refractivity contribution is 5.66. The predicted octanol–water partition coefficient (Wildman–Crippen LogP) is 4.46. The standard InChI is InChI=1S/C20H34O4/c1-14-10-12-19(3)16(24-17-9-5-6-13-22-17)8-7-11-20(19,4)18(14)23-15(2)21/h14,16-18H,5-13H2,1-4H3/t14-,16+,17?,18-,19-,20-/m0/s1. The van der Waals surface area contributed by atoms with Gasteiger partial charge in [-0.15, -0.1) is 0 Å². The highest BCUT2D eigenvalue weighted by atomic mass is 16.7. The summed E-state index contributed by atoms with van der Waals surface area (Å²) >= 11 is 0. The van der Waals surface area contributed by atoms with Crippen LogP contribution < -0.4 is 0 Å². The molecule has 24 heavy (non-hydrogen) atoms. The average Bonchev–Trinajstić information content (AvgIpc) is 2.55. The number of fused-ring (bicyclic) bond motifs is 1. The van der Waals surface area contributed by atoms with E-state index in [1.54, 1.807) is 0 Å². The van der Waals surface area contributed by atoms with Crippen molar-refractivity contribution >= 4 is 5.97 Å². The molecule has 1 unspecified atom stereocenters. The number of carbonyl (C=O) groups is 1. The Morgan fingerprint density at radius 3 is 2.50 bits per heavy atom. The molecule has 3 fully saturated rings. The van der Waals surface area contributed by atoms with Crippen molar-refractivity contribution in [1.29, 1.82) is 0 Å². The monoisotopic (exact) mass is 338 g/mol. The molecule has 0 aromatic carbocycles. The van der Waals surface area contributed by atoms with E-state index in [0.29, 0.717) is 5.92 Å². The van der Waals surface area contributed by atoms with Crippen LogP contribution in [0.25, 0.3) is 0 Å². The van der Waals surface area contributed by atoms with Crippen molar-refractivity contribution in [3.05, 3.63) is 0 Å². The lowest BCUT2D eigenvalue weighted by molar-refractivity contribution is -0.265. The van der Waals surface area contributed by atoms with Crippen LogP contribution in [-0.2, 0) is 19.0 Å². The van der Waals surface area contributed by atoms with Gasteiger partial charge in [0.1, 0.15) is 6.10 Å². The summed E-state index contributed by atoms with van der Waals surface area (Å²) in [4.78, 5) is 11.7. The van der Waals surface area contributed by atoms with E-state index in [9.17, 15) is 4.79 Å². The molecular weight excluding hydrogens is 304 g/mol. The Kier molecular flexibility index (Phi) is 5.27. The highest BCUT2D eigenvalue weighted by Crippen LogP contribution is 2.61. The Hall–Kier alpha value is -0.610. The van der Waals surface area contributed by atoms with Gasteiger partial charge in [-0.2, -0.15) is 0 Å². The largest absolute Gasteiger partial charge is 0.462 e. The lowest BCUT2D eigenvalue weighted by Gasteiger charge is -2.61. The summed E-state index contributed by atoms with van der Waals surface area (Å²) in [5.41, 5.74) is 0.0204. The van der Waals surface area contributed by atoms with Gasteiger partial charge in [0.25, 0.3) is 0 Å². The Morgan fingerprint density at radius 2 is 1.83 bits per heavy atom. The summed E-state index contributed by atoms with van der Waals surface area (Å²) in [6.07, 6.45) is 9.05. The van der Waals surface area contributed by atoms with E-state index < -0.39 is 0 Å². The van der Waals surface area contributed by atoms with Gasteiger partial charge in [0.15, 0.2) is 6.29 Å². The first-order valence-corrected chi connectivity index (χ1v) is 9.81. The quantitative estimate of drug-likeness (QED) is 0.713. The average molecular weight is 338 g/mol. The Labute approximate surface area is 146 Å². The highest BCUT2D eigenvalue weighted by Gasteiger charge is 2.60. The Balaban J connectivity index is 1.82. The lowest BCUT2D eigenvalue weighted by atomic mass is 9.47. The van der Waals surface area contributed by atoms with Crippen LogP contribution in [0, 0.1) is 16.7 Å². The second kappa shape index (κ2) is 6.95. The fraction of sp³-hybridized carbons (Fsp3) is 0.950. The molecule has 0 amide bonds. The molecule has 3 aliphatic rings. The zero-order chi connectivity index (χ0) is 17.4. The molecule has 2 aliphatic carbocycles. The SMILES string of the molecule is CC(=O)O[C@H]1[C@@H](C)CC[C@@]2(C)[C@H](OC3CCCCO3)CCC[C@@]12C. The summed E-state index contributed by atoms with van der Waals surface area (Å²) in [5, 5.41) is 0. The number of hydrogen-bond donors (Lipinski definition) is 0. The maximum atomic E-state index is 11.7. The summed E-state index contributed by atoms with van der Waals surface area (Å²) in [6, 6.07) is 0. The third kappa shape index (κ3) is 3.12. The molecule has 0 spiro atoms. The van der Waals surface area contributed by atoms with Gasteiger partial charge < -0.3 is 14.2 Å². The zero-order valence-corrected chi connectivity index (χ0v) is 15.8. The van der Waals surface area contributed by atoms with Gasteiger partial charge in [0.2, 0.25) is 0 Å². The van der Waals surface area contributed by atoms with Crippen LogP contribution in [0.3, 0.4) is 0 Å². The zero-order valence-electron chi connectivity index (χ0n) is 15.8. The molecule has 0 radical (unpaired) electrons. The molecule has 4 nitrogen and oxygen atoms in total. The molecule has 138 valence electrons. The number of esters is 1. The maximum Gasteiger partial charge on any atom is 0.302 e. The van der Waals surface area contributed by atoms with Crippen molar-refractivity contribution in [2.24, 2.45) is 16.7 Å². The van der Waals surface area contributed by atoms with Crippen molar-refractivity contribution in [2.45, 2.75) is 97.6 Å². The van der Waals surface area contributed by atoms with Crippen LogP contribution in [-0.4, -0.2) is 31.1 Å². The molecule has 1 heterocycles. The molecule has 2 saturated carbocycles. The molecule has 0 N–H and O–H groups in total. The number of carbonyl (C=O) groups excluding carboxylic acids is 1. The number of ether oxygens (including phenoxy) is 3. The summed E-state index contributed by atoms with van der Waals surface area (Å²) in [6.45, 7) is 9.27. The smallest absolute Gasteiger partial charge is 0.302 e. The molecule has 1 aliphatic heterocycles. The van der Waals surface area contributed by atoms with Crippen LogP contribution in [0.1, 0.15) is 79.1 Å². The minimum absolute atomic E-state index is 0.00701. The maximum absolute atomic E-state index is 11.7. The van der Waals surface area contributed by atoms with E-state index in [-0.39, 0.29) is 35.3 Å². The molecule has 3 rings (SSSR count). The third-order valence-corrected chi connectivity index (χ3v) is 7.19. The predicted molar refractivity (Wildman–Crippen MR) is 92.5 cm³/mol. The topological polar surface area (TPSA) is 44.8 Å². The fourth-order valence-electron chi connectivity index (χ4n) is 5.49. The van der Waals surface area contributed by atoms with Crippen molar-refractivity contribution in [3.8, 4) is 0 Å². The molecule has 0 bridgehead atoms. The molecule has 0 aromatic rings. The summed E-state index contributed by atoms with van der Waals surface area (Å²) in [5.74, 6) is 0.257.